The third kappa shape index (κ3) is 8.11. The van der Waals surface area contributed by atoms with Gasteiger partial charge in [-0.1, -0.05) is 98.1 Å². The molecule has 1 aliphatic rings. The third-order valence-corrected chi connectivity index (χ3v) is 9.09. The van der Waals surface area contributed by atoms with E-state index in [1.165, 1.54) is 4.90 Å². The van der Waals surface area contributed by atoms with Crippen molar-refractivity contribution in [3.8, 4) is 0 Å². The molecule has 0 saturated heterocycles. The van der Waals surface area contributed by atoms with Gasteiger partial charge >= 0.3 is 0 Å². The van der Waals surface area contributed by atoms with Crippen molar-refractivity contribution in [3.63, 3.8) is 0 Å². The maximum atomic E-state index is 14.3. The highest BCUT2D eigenvalue weighted by molar-refractivity contribution is 7.92. The maximum Gasteiger partial charge on any atom is 0.244 e. The molecule has 0 spiro atoms. The van der Waals surface area contributed by atoms with Crippen LogP contribution in [-0.4, -0.2) is 50.0 Å². The van der Waals surface area contributed by atoms with E-state index in [2.05, 4.69) is 5.32 Å². The molecule has 1 fully saturated rings. The maximum absolute atomic E-state index is 14.3. The van der Waals surface area contributed by atoms with Crippen LogP contribution in [0.25, 0.3) is 0 Å². The Morgan fingerprint density at radius 1 is 0.927 bits per heavy atom. The van der Waals surface area contributed by atoms with Crippen LogP contribution in [0.1, 0.15) is 49.3 Å². The zero-order valence-electron chi connectivity index (χ0n) is 23.6. The molecule has 0 aromatic heterocycles. The molecule has 41 heavy (non-hydrogen) atoms. The Labute approximate surface area is 248 Å². The SMILES string of the molecule is CCc1ccccc1N(CC(=O)N(Cc1ccccc1Cl)[C@@H](Cc1ccccc1)C(=O)NC1CCCC1)S(C)(=O)=O. The van der Waals surface area contributed by atoms with Gasteiger partial charge in [0, 0.05) is 24.0 Å². The fourth-order valence-electron chi connectivity index (χ4n) is 5.38. The van der Waals surface area contributed by atoms with Gasteiger partial charge in [-0.3, -0.25) is 13.9 Å². The van der Waals surface area contributed by atoms with Crippen LogP contribution in [0.3, 0.4) is 0 Å². The minimum atomic E-state index is -3.82. The second-order valence-corrected chi connectivity index (χ2v) is 12.9. The van der Waals surface area contributed by atoms with Crippen molar-refractivity contribution < 1.29 is 18.0 Å². The summed E-state index contributed by atoms with van der Waals surface area (Å²) in [6.07, 6.45) is 5.88. The number of nitrogens with one attached hydrogen (secondary N) is 1. The van der Waals surface area contributed by atoms with Gasteiger partial charge in [-0.25, -0.2) is 8.42 Å². The molecule has 218 valence electrons. The fraction of sp³-hybridized carbons (Fsp3) is 0.375. The zero-order chi connectivity index (χ0) is 29.4. The fourth-order valence-corrected chi connectivity index (χ4v) is 6.46. The van der Waals surface area contributed by atoms with Crippen LogP contribution in [-0.2, 0) is 39.0 Å². The van der Waals surface area contributed by atoms with Crippen molar-refractivity contribution in [1.82, 2.24) is 10.2 Å². The number of hydrogen-bond acceptors (Lipinski definition) is 4. The number of halogens is 1. The van der Waals surface area contributed by atoms with Crippen molar-refractivity contribution in [2.45, 2.75) is 64.1 Å². The van der Waals surface area contributed by atoms with Crippen LogP contribution in [0, 0.1) is 0 Å². The number of anilines is 1. The first-order valence-electron chi connectivity index (χ1n) is 14.1. The first kappa shape index (κ1) is 30.6. The van der Waals surface area contributed by atoms with E-state index in [1.807, 2.05) is 61.5 Å². The smallest absolute Gasteiger partial charge is 0.244 e. The van der Waals surface area contributed by atoms with Crippen LogP contribution in [0.5, 0.6) is 0 Å². The summed E-state index contributed by atoms with van der Waals surface area (Å²) in [4.78, 5) is 29.7. The van der Waals surface area contributed by atoms with Crippen LogP contribution >= 0.6 is 11.6 Å². The summed E-state index contributed by atoms with van der Waals surface area (Å²) in [7, 11) is -3.82. The third-order valence-electron chi connectivity index (χ3n) is 7.59. The predicted octanol–water partition coefficient (Wildman–Crippen LogP) is 5.37. The Morgan fingerprint density at radius 3 is 2.17 bits per heavy atom. The summed E-state index contributed by atoms with van der Waals surface area (Å²) in [5.74, 6) is -0.732. The molecule has 1 N–H and O–H groups in total. The Hall–Kier alpha value is -3.36. The number of nitrogens with zero attached hydrogens (tertiary/aromatic N) is 2. The van der Waals surface area contributed by atoms with Crippen molar-refractivity contribution in [2.24, 2.45) is 0 Å². The largest absolute Gasteiger partial charge is 0.352 e. The molecule has 1 saturated carbocycles. The molecule has 1 atom stereocenters. The summed E-state index contributed by atoms with van der Waals surface area (Å²) in [5, 5.41) is 3.64. The Balaban J connectivity index is 1.75. The summed E-state index contributed by atoms with van der Waals surface area (Å²) < 4.78 is 27.2. The van der Waals surface area contributed by atoms with E-state index in [9.17, 15) is 18.0 Å². The second kappa shape index (κ2) is 14.0. The molecule has 7 nitrogen and oxygen atoms in total. The van der Waals surface area contributed by atoms with E-state index in [0.29, 0.717) is 22.7 Å². The van der Waals surface area contributed by atoms with Crippen molar-refractivity contribution >= 4 is 39.1 Å². The van der Waals surface area contributed by atoms with Crippen LogP contribution in [0.15, 0.2) is 78.9 Å². The number of carbonyl (C=O) groups excluding carboxylic acids is 2. The van der Waals surface area contributed by atoms with E-state index in [0.717, 1.165) is 47.4 Å². The van der Waals surface area contributed by atoms with E-state index in [-0.39, 0.29) is 24.9 Å². The van der Waals surface area contributed by atoms with Gasteiger partial charge in [0.05, 0.1) is 11.9 Å². The van der Waals surface area contributed by atoms with Gasteiger partial charge in [0.25, 0.3) is 0 Å². The second-order valence-electron chi connectivity index (χ2n) is 10.6. The van der Waals surface area contributed by atoms with Gasteiger partial charge in [0.15, 0.2) is 0 Å². The van der Waals surface area contributed by atoms with Gasteiger partial charge < -0.3 is 10.2 Å². The molecule has 0 aliphatic heterocycles. The number of aryl methyl sites for hydroxylation is 1. The number of benzene rings is 3. The predicted molar refractivity (Wildman–Crippen MR) is 164 cm³/mol. The average molecular weight is 596 g/mol. The number of para-hydroxylation sites is 1. The topological polar surface area (TPSA) is 86.8 Å². The number of rotatable bonds is 12. The minimum absolute atomic E-state index is 0.0567. The Bertz CT molecular complexity index is 1440. The van der Waals surface area contributed by atoms with Gasteiger partial charge in [-0.05, 0) is 48.1 Å². The average Bonchev–Trinajstić information content (AvgIpc) is 3.47. The van der Waals surface area contributed by atoms with Crippen molar-refractivity contribution in [1.29, 1.82) is 0 Å². The highest BCUT2D eigenvalue weighted by atomic mass is 35.5. The van der Waals surface area contributed by atoms with Gasteiger partial charge in [-0.2, -0.15) is 0 Å². The molecule has 9 heteroatoms. The number of sulfonamides is 1. The van der Waals surface area contributed by atoms with Gasteiger partial charge in [-0.15, -0.1) is 0 Å². The van der Waals surface area contributed by atoms with Crippen molar-refractivity contribution in [3.05, 3.63) is 101 Å². The first-order valence-corrected chi connectivity index (χ1v) is 16.3. The number of carbonyl (C=O) groups is 2. The monoisotopic (exact) mass is 595 g/mol. The quantitative estimate of drug-likeness (QED) is 0.305. The lowest BCUT2D eigenvalue weighted by Gasteiger charge is -2.34. The molecule has 3 aromatic carbocycles. The molecule has 0 unspecified atom stereocenters. The van der Waals surface area contributed by atoms with E-state index in [4.69, 9.17) is 11.6 Å². The Morgan fingerprint density at radius 2 is 1.54 bits per heavy atom. The van der Waals surface area contributed by atoms with Crippen LogP contribution < -0.4 is 9.62 Å². The standard InChI is InChI=1S/C32H38ClN3O4S/c1-3-25-15-8-12-20-29(25)36(41(2,39)40)23-31(37)35(22-26-16-7-11-19-28(26)33)30(21-24-13-5-4-6-14-24)32(38)34-27-17-9-10-18-27/h4-8,11-16,19-20,27,30H,3,9-10,17-18,21-23H2,1-2H3,(H,34,38)/t30-/m0/s1. The summed E-state index contributed by atoms with van der Waals surface area (Å²) in [6, 6.07) is 23.1. The molecule has 3 aromatic rings. The summed E-state index contributed by atoms with van der Waals surface area (Å²) in [5.41, 5.74) is 2.84. The summed E-state index contributed by atoms with van der Waals surface area (Å²) in [6.45, 7) is 1.55. The highest BCUT2D eigenvalue weighted by Gasteiger charge is 2.34. The normalized spacial score (nSPS) is 14.4. The number of hydrogen-bond donors (Lipinski definition) is 1. The van der Waals surface area contributed by atoms with Crippen molar-refractivity contribution in [2.75, 3.05) is 17.1 Å². The van der Waals surface area contributed by atoms with Gasteiger partial charge in [0.2, 0.25) is 21.8 Å². The first-order chi connectivity index (χ1) is 19.7. The lowest BCUT2D eigenvalue weighted by molar-refractivity contribution is -0.140. The molecular formula is C32H38ClN3O4S. The molecule has 0 radical (unpaired) electrons. The highest BCUT2D eigenvalue weighted by Crippen LogP contribution is 2.26. The molecule has 2 amide bonds. The molecule has 4 rings (SSSR count). The number of amides is 2. The molecule has 0 heterocycles. The van der Waals surface area contributed by atoms with Crippen LogP contribution in [0.4, 0.5) is 5.69 Å². The van der Waals surface area contributed by atoms with Crippen LogP contribution in [0.2, 0.25) is 5.02 Å². The molecule has 1 aliphatic carbocycles. The van der Waals surface area contributed by atoms with Gasteiger partial charge in [0.1, 0.15) is 12.6 Å². The molecular weight excluding hydrogens is 558 g/mol. The van der Waals surface area contributed by atoms with E-state index >= 15 is 0 Å². The van der Waals surface area contributed by atoms with E-state index < -0.39 is 28.5 Å². The zero-order valence-corrected chi connectivity index (χ0v) is 25.2. The van der Waals surface area contributed by atoms with E-state index in [1.54, 1.807) is 24.3 Å². The summed E-state index contributed by atoms with van der Waals surface area (Å²) >= 11 is 6.52. The lowest BCUT2D eigenvalue weighted by atomic mass is 10.0. The molecule has 0 bridgehead atoms. The Kier molecular flexibility index (Phi) is 10.5. The lowest BCUT2D eigenvalue weighted by Crippen LogP contribution is -2.54. The minimum Gasteiger partial charge on any atom is -0.352 e.